The minimum atomic E-state index is -0.384. The Morgan fingerprint density at radius 1 is 1.28 bits per heavy atom. The molecule has 92 valence electrons. The Labute approximate surface area is 108 Å². The van der Waals surface area contributed by atoms with Crippen LogP contribution in [-0.2, 0) is 4.74 Å². The number of hydrogen-bond donors (Lipinski definition) is 1. The lowest BCUT2D eigenvalue weighted by molar-refractivity contribution is 0.0601. The van der Waals surface area contributed by atoms with Crippen molar-refractivity contribution in [1.82, 2.24) is 15.0 Å². The Hall–Kier alpha value is -2.21. The first kappa shape index (κ1) is 12.3. The monoisotopic (exact) mass is 264 g/mol. The Morgan fingerprint density at radius 3 is 2.61 bits per heavy atom. The third-order valence-electron chi connectivity index (χ3n) is 2.10. The van der Waals surface area contributed by atoms with Gasteiger partial charge in [0, 0.05) is 5.69 Å². The highest BCUT2D eigenvalue weighted by Gasteiger charge is 2.05. The maximum absolute atomic E-state index is 11.2. The molecule has 2 aromatic rings. The van der Waals surface area contributed by atoms with Gasteiger partial charge in [0.05, 0.1) is 12.7 Å². The number of carbonyl (C=O) groups is 1. The zero-order valence-electron chi connectivity index (χ0n) is 9.42. The molecule has 6 nitrogen and oxygen atoms in total. The zero-order valence-corrected chi connectivity index (χ0v) is 10.2. The zero-order chi connectivity index (χ0) is 13.0. The maximum Gasteiger partial charge on any atom is 0.337 e. The second kappa shape index (κ2) is 5.42. The lowest BCUT2D eigenvalue weighted by Crippen LogP contribution is -2.02. The molecule has 1 aromatic heterocycles. The first-order chi connectivity index (χ1) is 8.69. The molecule has 0 atom stereocenters. The maximum atomic E-state index is 11.2. The number of ether oxygens (including phenoxy) is 1. The van der Waals surface area contributed by atoms with Crippen LogP contribution in [0, 0.1) is 0 Å². The molecule has 0 saturated heterocycles. The van der Waals surface area contributed by atoms with E-state index in [0.29, 0.717) is 11.5 Å². The fourth-order valence-corrected chi connectivity index (χ4v) is 1.40. The summed E-state index contributed by atoms with van der Waals surface area (Å²) in [6.07, 6.45) is 1.31. The van der Waals surface area contributed by atoms with E-state index in [2.05, 4.69) is 25.0 Å². The van der Waals surface area contributed by atoms with Crippen molar-refractivity contribution in [2.75, 3.05) is 12.4 Å². The van der Waals surface area contributed by atoms with Crippen LogP contribution in [0.3, 0.4) is 0 Å². The smallest absolute Gasteiger partial charge is 0.337 e. The summed E-state index contributed by atoms with van der Waals surface area (Å²) in [7, 11) is 1.33. The van der Waals surface area contributed by atoms with Gasteiger partial charge in [-0.05, 0) is 35.9 Å². The molecule has 0 aliphatic rings. The number of carbonyl (C=O) groups excluding carboxylic acids is 1. The quantitative estimate of drug-likeness (QED) is 0.855. The average molecular weight is 265 g/mol. The van der Waals surface area contributed by atoms with Gasteiger partial charge in [-0.25, -0.2) is 14.8 Å². The van der Waals surface area contributed by atoms with E-state index >= 15 is 0 Å². The average Bonchev–Trinajstić information content (AvgIpc) is 2.39. The standard InChI is InChI=1S/C11H9ClN4O2/c1-18-9(17)7-2-4-8(5-3-7)15-11-14-6-13-10(12)16-11/h2-6H,1H3,(H,13,14,15,16). The second-order valence-electron chi connectivity index (χ2n) is 3.27. The highest BCUT2D eigenvalue weighted by Crippen LogP contribution is 2.14. The topological polar surface area (TPSA) is 77.0 Å². The molecule has 0 aliphatic heterocycles. The third kappa shape index (κ3) is 2.92. The number of nitrogens with zero attached hydrogens (tertiary/aromatic N) is 3. The number of aromatic nitrogens is 3. The normalized spacial score (nSPS) is 9.89. The van der Waals surface area contributed by atoms with Gasteiger partial charge in [0.15, 0.2) is 0 Å². The van der Waals surface area contributed by atoms with E-state index in [1.54, 1.807) is 24.3 Å². The number of hydrogen-bond acceptors (Lipinski definition) is 6. The van der Waals surface area contributed by atoms with E-state index in [1.165, 1.54) is 13.4 Å². The summed E-state index contributed by atoms with van der Waals surface area (Å²) in [5.74, 6) is -0.0504. The number of methoxy groups -OCH3 is 1. The number of nitrogens with one attached hydrogen (secondary N) is 1. The minimum absolute atomic E-state index is 0.110. The van der Waals surface area contributed by atoms with Gasteiger partial charge in [-0.3, -0.25) is 0 Å². The molecule has 0 spiro atoms. The molecular formula is C11H9ClN4O2. The summed E-state index contributed by atoms with van der Waals surface area (Å²) in [6, 6.07) is 6.70. The predicted molar refractivity (Wildman–Crippen MR) is 65.9 cm³/mol. The molecule has 0 saturated carbocycles. The molecular weight excluding hydrogens is 256 g/mol. The number of esters is 1. The fraction of sp³-hybridized carbons (Fsp3) is 0.0909. The van der Waals surface area contributed by atoms with E-state index in [0.717, 1.165) is 5.69 Å². The summed E-state index contributed by atoms with van der Waals surface area (Å²) in [6.45, 7) is 0. The molecule has 7 heteroatoms. The van der Waals surface area contributed by atoms with Gasteiger partial charge in [-0.2, -0.15) is 4.98 Å². The lowest BCUT2D eigenvalue weighted by Gasteiger charge is -2.05. The van der Waals surface area contributed by atoms with Crippen molar-refractivity contribution < 1.29 is 9.53 Å². The molecule has 1 aromatic carbocycles. The van der Waals surface area contributed by atoms with Crippen LogP contribution in [0.15, 0.2) is 30.6 Å². The molecule has 1 heterocycles. The van der Waals surface area contributed by atoms with Crippen LogP contribution in [-0.4, -0.2) is 28.0 Å². The minimum Gasteiger partial charge on any atom is -0.465 e. The van der Waals surface area contributed by atoms with Crippen molar-refractivity contribution in [3.05, 3.63) is 41.4 Å². The Morgan fingerprint density at radius 2 is 2.00 bits per heavy atom. The highest BCUT2D eigenvalue weighted by atomic mass is 35.5. The van der Waals surface area contributed by atoms with Gasteiger partial charge in [-0.15, -0.1) is 0 Å². The van der Waals surface area contributed by atoms with Crippen LogP contribution in [0.2, 0.25) is 5.28 Å². The van der Waals surface area contributed by atoms with Crippen molar-refractivity contribution >= 4 is 29.2 Å². The Kier molecular flexibility index (Phi) is 3.69. The van der Waals surface area contributed by atoms with Gasteiger partial charge < -0.3 is 10.1 Å². The molecule has 0 unspecified atom stereocenters. The SMILES string of the molecule is COC(=O)c1ccc(Nc2ncnc(Cl)n2)cc1. The van der Waals surface area contributed by atoms with E-state index in [9.17, 15) is 4.79 Å². The molecule has 0 bridgehead atoms. The Bertz CT molecular complexity index is 559. The molecule has 18 heavy (non-hydrogen) atoms. The number of halogens is 1. The van der Waals surface area contributed by atoms with Gasteiger partial charge in [0.2, 0.25) is 11.2 Å². The van der Waals surface area contributed by atoms with E-state index in [4.69, 9.17) is 11.6 Å². The van der Waals surface area contributed by atoms with Crippen LogP contribution in [0.5, 0.6) is 0 Å². The van der Waals surface area contributed by atoms with Crippen molar-refractivity contribution in [2.24, 2.45) is 0 Å². The fourth-order valence-electron chi connectivity index (χ4n) is 1.27. The summed E-state index contributed by atoms with van der Waals surface area (Å²) in [5.41, 5.74) is 1.20. The predicted octanol–water partition coefficient (Wildman–Crippen LogP) is 2.06. The van der Waals surface area contributed by atoms with Crippen LogP contribution in [0.1, 0.15) is 10.4 Å². The van der Waals surface area contributed by atoms with E-state index in [-0.39, 0.29) is 11.3 Å². The summed E-state index contributed by atoms with van der Waals surface area (Å²) >= 11 is 5.63. The van der Waals surface area contributed by atoms with Gasteiger partial charge >= 0.3 is 5.97 Å². The summed E-state index contributed by atoms with van der Waals surface area (Å²) < 4.78 is 4.60. The lowest BCUT2D eigenvalue weighted by atomic mass is 10.2. The van der Waals surface area contributed by atoms with E-state index in [1.807, 2.05) is 0 Å². The van der Waals surface area contributed by atoms with Gasteiger partial charge in [0.1, 0.15) is 6.33 Å². The first-order valence-corrected chi connectivity index (χ1v) is 5.37. The van der Waals surface area contributed by atoms with Crippen molar-refractivity contribution in [3.8, 4) is 0 Å². The molecule has 0 radical (unpaired) electrons. The molecule has 2 rings (SSSR count). The second-order valence-corrected chi connectivity index (χ2v) is 3.61. The highest BCUT2D eigenvalue weighted by molar-refractivity contribution is 6.28. The molecule has 0 aliphatic carbocycles. The molecule has 1 N–H and O–H groups in total. The van der Waals surface area contributed by atoms with E-state index < -0.39 is 0 Å². The Balaban J connectivity index is 2.13. The first-order valence-electron chi connectivity index (χ1n) is 4.99. The van der Waals surface area contributed by atoms with Crippen molar-refractivity contribution in [1.29, 1.82) is 0 Å². The number of anilines is 2. The molecule has 0 fully saturated rings. The molecule has 0 amide bonds. The number of benzene rings is 1. The van der Waals surface area contributed by atoms with Crippen molar-refractivity contribution in [3.63, 3.8) is 0 Å². The summed E-state index contributed by atoms with van der Waals surface area (Å²) in [5, 5.41) is 3.04. The van der Waals surface area contributed by atoms with Gasteiger partial charge in [0.25, 0.3) is 0 Å². The van der Waals surface area contributed by atoms with Crippen LogP contribution in [0.25, 0.3) is 0 Å². The van der Waals surface area contributed by atoms with Crippen molar-refractivity contribution in [2.45, 2.75) is 0 Å². The van der Waals surface area contributed by atoms with Crippen LogP contribution < -0.4 is 5.32 Å². The third-order valence-corrected chi connectivity index (χ3v) is 2.29. The van der Waals surface area contributed by atoms with Gasteiger partial charge in [-0.1, -0.05) is 0 Å². The van der Waals surface area contributed by atoms with Crippen LogP contribution in [0.4, 0.5) is 11.6 Å². The number of rotatable bonds is 3. The summed E-state index contributed by atoms with van der Waals surface area (Å²) in [4.78, 5) is 22.7. The largest absolute Gasteiger partial charge is 0.465 e. The van der Waals surface area contributed by atoms with Crippen LogP contribution >= 0.6 is 11.6 Å².